The van der Waals surface area contributed by atoms with Gasteiger partial charge in [-0.2, -0.15) is 9.78 Å². The van der Waals surface area contributed by atoms with Crippen molar-refractivity contribution in [3.8, 4) is 34.4 Å². The maximum atomic E-state index is 14.0. The number of halogens is 1. The number of nitrogens with zero attached hydrogens (tertiary/aromatic N) is 3. The standard InChI is InChI=1S/C37H37FN4O6/c1-7-47-31-16-23(4)27(19-26(31)22(2)3)36-41-29-14-10-8-12-25(29)37(44)42(36)39-20-24-17-32(45-5)35(33(18-24)46-6)48-21-34(43)40-30-15-11-9-13-28(30)38/h8-20,22H,7,21H2,1-6H3,(H,40,43). The maximum Gasteiger partial charge on any atom is 0.282 e. The van der Waals surface area contributed by atoms with Gasteiger partial charge < -0.3 is 24.3 Å². The fourth-order valence-corrected chi connectivity index (χ4v) is 5.20. The molecule has 1 N–H and O–H groups in total. The Morgan fingerprint density at radius 3 is 2.33 bits per heavy atom. The lowest BCUT2D eigenvalue weighted by atomic mass is 9.96. The number of amides is 1. The Balaban J connectivity index is 1.53. The molecule has 5 aromatic rings. The second-order valence-corrected chi connectivity index (χ2v) is 11.2. The highest BCUT2D eigenvalue weighted by molar-refractivity contribution is 5.92. The van der Waals surface area contributed by atoms with Crippen LogP contribution in [0.2, 0.25) is 0 Å². The number of carbonyl (C=O) groups excluding carboxylic acids is 1. The summed E-state index contributed by atoms with van der Waals surface area (Å²) in [6, 6.07) is 20.2. The molecular weight excluding hydrogens is 615 g/mol. The minimum absolute atomic E-state index is 0.0373. The SMILES string of the molecule is CCOc1cc(C)c(-c2nc3ccccc3c(=O)n2N=Cc2cc(OC)c(OCC(=O)Nc3ccccc3F)c(OC)c2)cc1C(C)C. The number of anilines is 1. The summed E-state index contributed by atoms with van der Waals surface area (Å²) in [6.45, 7) is 8.15. The minimum Gasteiger partial charge on any atom is -0.494 e. The van der Waals surface area contributed by atoms with Gasteiger partial charge in [0.1, 0.15) is 11.6 Å². The van der Waals surface area contributed by atoms with Crippen LogP contribution in [-0.4, -0.2) is 49.2 Å². The number of hydrogen-bond acceptors (Lipinski definition) is 8. The third kappa shape index (κ3) is 7.15. The van der Waals surface area contributed by atoms with Crippen molar-refractivity contribution in [2.45, 2.75) is 33.6 Å². The molecule has 0 spiro atoms. The number of aromatic nitrogens is 2. The van der Waals surface area contributed by atoms with Crippen LogP contribution in [-0.2, 0) is 4.79 Å². The molecule has 1 aromatic heterocycles. The largest absolute Gasteiger partial charge is 0.494 e. The monoisotopic (exact) mass is 652 g/mol. The smallest absolute Gasteiger partial charge is 0.282 e. The molecule has 0 fully saturated rings. The van der Waals surface area contributed by atoms with Crippen LogP contribution in [0.5, 0.6) is 23.0 Å². The van der Waals surface area contributed by atoms with Crippen molar-refractivity contribution in [1.82, 2.24) is 9.66 Å². The molecule has 1 amide bonds. The minimum atomic E-state index is -0.573. The Hall–Kier alpha value is -5.71. The zero-order chi connectivity index (χ0) is 34.4. The van der Waals surface area contributed by atoms with E-state index in [1.165, 1.54) is 43.3 Å². The molecule has 0 radical (unpaired) electrons. The van der Waals surface area contributed by atoms with E-state index >= 15 is 0 Å². The van der Waals surface area contributed by atoms with Crippen molar-refractivity contribution in [3.63, 3.8) is 0 Å². The average molecular weight is 653 g/mol. The first-order valence-corrected chi connectivity index (χ1v) is 15.4. The van der Waals surface area contributed by atoms with Crippen LogP contribution in [0.3, 0.4) is 0 Å². The van der Waals surface area contributed by atoms with E-state index < -0.39 is 18.3 Å². The maximum absolute atomic E-state index is 14.0. The highest BCUT2D eigenvalue weighted by Crippen LogP contribution is 2.38. The van der Waals surface area contributed by atoms with Crippen molar-refractivity contribution < 1.29 is 28.1 Å². The summed E-state index contributed by atoms with van der Waals surface area (Å²) < 4.78 is 38.1. The van der Waals surface area contributed by atoms with Crippen LogP contribution >= 0.6 is 0 Å². The predicted octanol–water partition coefficient (Wildman–Crippen LogP) is 6.95. The first-order chi connectivity index (χ1) is 23.1. The number of rotatable bonds is 12. The van der Waals surface area contributed by atoms with E-state index in [-0.39, 0.29) is 34.4 Å². The second kappa shape index (κ2) is 14.8. The number of ether oxygens (including phenoxy) is 4. The van der Waals surface area contributed by atoms with Crippen molar-refractivity contribution in [2.75, 3.05) is 32.8 Å². The molecule has 0 aliphatic heterocycles. The van der Waals surface area contributed by atoms with Gasteiger partial charge in [-0.15, -0.1) is 0 Å². The number of hydrogen-bond donors (Lipinski definition) is 1. The van der Waals surface area contributed by atoms with Gasteiger partial charge in [0.15, 0.2) is 23.9 Å². The third-order valence-electron chi connectivity index (χ3n) is 7.57. The average Bonchev–Trinajstić information content (AvgIpc) is 3.07. The molecular formula is C37H37FN4O6. The first kappa shape index (κ1) is 33.6. The van der Waals surface area contributed by atoms with E-state index in [0.717, 1.165) is 22.4 Å². The van der Waals surface area contributed by atoms with E-state index in [0.29, 0.717) is 28.9 Å². The van der Waals surface area contributed by atoms with Gasteiger partial charge in [-0.05, 0) is 79.4 Å². The predicted molar refractivity (Wildman–Crippen MR) is 184 cm³/mol. The Morgan fingerprint density at radius 2 is 1.67 bits per heavy atom. The van der Waals surface area contributed by atoms with Crippen LogP contribution < -0.4 is 29.8 Å². The van der Waals surface area contributed by atoms with Gasteiger partial charge in [0, 0.05) is 11.1 Å². The number of para-hydroxylation sites is 2. The normalized spacial score (nSPS) is 11.2. The lowest BCUT2D eigenvalue weighted by Gasteiger charge is -2.18. The lowest BCUT2D eigenvalue weighted by molar-refractivity contribution is -0.118. The summed E-state index contributed by atoms with van der Waals surface area (Å²) in [5.74, 6) is 0.849. The molecule has 10 nitrogen and oxygen atoms in total. The van der Waals surface area contributed by atoms with Gasteiger partial charge in [-0.3, -0.25) is 9.59 Å². The molecule has 1 heterocycles. The number of methoxy groups -OCH3 is 2. The summed E-state index contributed by atoms with van der Waals surface area (Å²) in [5.41, 5.74) is 3.37. The van der Waals surface area contributed by atoms with Gasteiger partial charge in [-0.25, -0.2) is 9.37 Å². The quantitative estimate of drug-likeness (QED) is 0.145. The summed E-state index contributed by atoms with van der Waals surface area (Å²) >= 11 is 0. The van der Waals surface area contributed by atoms with E-state index in [2.05, 4.69) is 24.3 Å². The summed E-state index contributed by atoms with van der Waals surface area (Å²) in [4.78, 5) is 31.3. The molecule has 4 aromatic carbocycles. The van der Waals surface area contributed by atoms with E-state index in [9.17, 15) is 14.0 Å². The Kier molecular flexibility index (Phi) is 10.4. The molecule has 0 bridgehead atoms. The molecule has 0 unspecified atom stereocenters. The second-order valence-electron chi connectivity index (χ2n) is 11.2. The van der Waals surface area contributed by atoms with E-state index in [1.54, 1.807) is 36.4 Å². The van der Waals surface area contributed by atoms with Crippen molar-refractivity contribution in [1.29, 1.82) is 0 Å². The van der Waals surface area contributed by atoms with Gasteiger partial charge in [0.2, 0.25) is 5.75 Å². The number of benzene rings is 4. The van der Waals surface area contributed by atoms with E-state index in [4.69, 9.17) is 23.9 Å². The van der Waals surface area contributed by atoms with Gasteiger partial charge in [0.05, 0.1) is 43.6 Å². The van der Waals surface area contributed by atoms with Crippen molar-refractivity contribution in [3.05, 3.63) is 106 Å². The molecule has 0 atom stereocenters. The van der Waals surface area contributed by atoms with Crippen LogP contribution in [0, 0.1) is 12.7 Å². The molecule has 48 heavy (non-hydrogen) atoms. The molecule has 0 aliphatic rings. The highest BCUT2D eigenvalue weighted by Gasteiger charge is 2.20. The van der Waals surface area contributed by atoms with Crippen LogP contribution in [0.1, 0.15) is 43.4 Å². The zero-order valence-electron chi connectivity index (χ0n) is 27.7. The Labute approximate surface area is 277 Å². The topological polar surface area (TPSA) is 113 Å². The summed E-state index contributed by atoms with van der Waals surface area (Å²) in [7, 11) is 2.89. The number of carbonyl (C=O) groups is 1. The highest BCUT2D eigenvalue weighted by atomic mass is 19.1. The Morgan fingerprint density at radius 1 is 0.979 bits per heavy atom. The van der Waals surface area contributed by atoms with Gasteiger partial charge in [0.25, 0.3) is 11.5 Å². The lowest BCUT2D eigenvalue weighted by Crippen LogP contribution is -2.21. The third-order valence-corrected chi connectivity index (χ3v) is 7.57. The van der Waals surface area contributed by atoms with Crippen LogP contribution in [0.15, 0.2) is 82.7 Å². The van der Waals surface area contributed by atoms with Gasteiger partial charge >= 0.3 is 0 Å². The Bertz CT molecular complexity index is 2030. The zero-order valence-corrected chi connectivity index (χ0v) is 27.7. The number of aryl methyl sites for hydroxylation is 1. The summed E-state index contributed by atoms with van der Waals surface area (Å²) in [6.07, 6.45) is 1.49. The van der Waals surface area contributed by atoms with Crippen LogP contribution in [0.25, 0.3) is 22.3 Å². The number of fused-ring (bicyclic) bond motifs is 1. The fourth-order valence-electron chi connectivity index (χ4n) is 5.20. The molecule has 248 valence electrons. The molecule has 5 rings (SSSR count). The van der Waals surface area contributed by atoms with E-state index in [1.807, 2.05) is 32.0 Å². The van der Waals surface area contributed by atoms with Crippen molar-refractivity contribution in [2.24, 2.45) is 5.10 Å². The van der Waals surface area contributed by atoms with Crippen molar-refractivity contribution >= 4 is 28.7 Å². The van der Waals surface area contributed by atoms with Gasteiger partial charge in [-0.1, -0.05) is 38.1 Å². The molecule has 0 saturated heterocycles. The first-order valence-electron chi connectivity index (χ1n) is 15.4. The molecule has 0 aliphatic carbocycles. The fraction of sp³-hybridized carbons (Fsp3) is 0.243. The molecule has 11 heteroatoms. The number of nitrogens with one attached hydrogen (secondary N) is 1. The summed E-state index contributed by atoms with van der Waals surface area (Å²) in [5, 5.41) is 7.51. The van der Waals surface area contributed by atoms with Crippen LogP contribution in [0.4, 0.5) is 10.1 Å². The molecule has 0 saturated carbocycles.